The average Bonchev–Trinajstić information content (AvgIpc) is 3.31. The number of hydrogen-bond donors (Lipinski definition) is 1. The number of rotatable bonds is 8. The lowest BCUT2D eigenvalue weighted by Crippen LogP contribution is -2.51. The first kappa shape index (κ1) is 30.3. The molecule has 8 nitrogen and oxygen atoms in total. The Morgan fingerprint density at radius 1 is 1.18 bits per heavy atom. The van der Waals surface area contributed by atoms with E-state index in [0.717, 1.165) is 47.4 Å². The lowest BCUT2D eigenvalue weighted by molar-refractivity contribution is -0.135. The third-order valence-corrected chi connectivity index (χ3v) is 9.22. The van der Waals surface area contributed by atoms with Gasteiger partial charge in [-0.15, -0.1) is 0 Å². The Bertz CT molecular complexity index is 1180. The number of aliphatic imine (C=N–C) groups is 1. The number of fused-ring (bicyclic) bond motifs is 1. The second kappa shape index (κ2) is 11.3. The van der Waals surface area contributed by atoms with Gasteiger partial charge in [-0.2, -0.15) is 0 Å². The molecule has 217 valence electrons. The Labute approximate surface area is 240 Å². The number of methoxy groups -OCH3 is 1. The topological polar surface area (TPSA) is 91.7 Å². The maximum absolute atomic E-state index is 13.8. The summed E-state index contributed by atoms with van der Waals surface area (Å²) >= 11 is 0. The van der Waals surface area contributed by atoms with Gasteiger partial charge >= 0.3 is 13.6 Å². The molecule has 2 fully saturated rings. The number of nitrogens with zero attached hydrogens (tertiary/aromatic N) is 3. The molecule has 2 aliphatic heterocycles. The van der Waals surface area contributed by atoms with Crippen LogP contribution < -0.4 is 5.46 Å². The van der Waals surface area contributed by atoms with Crippen LogP contribution in [0.15, 0.2) is 40.7 Å². The maximum Gasteiger partial charge on any atom is 0.409 e. The van der Waals surface area contributed by atoms with E-state index >= 15 is 0 Å². The number of aliphatic hydroxyl groups is 1. The van der Waals surface area contributed by atoms with Crippen LogP contribution in [0.3, 0.4) is 0 Å². The Hall–Kier alpha value is -2.65. The van der Waals surface area contributed by atoms with Crippen LogP contribution in [0.1, 0.15) is 73.3 Å². The van der Waals surface area contributed by atoms with Gasteiger partial charge in [-0.3, -0.25) is 14.7 Å². The Morgan fingerprint density at radius 2 is 1.82 bits per heavy atom. The predicted molar refractivity (Wildman–Crippen MR) is 157 cm³/mol. The number of likely N-dealkylation sites (N-methyl/N-ethyl adjacent to an activating group) is 1. The molecular formula is C31H45BN3O5. The molecule has 2 amide bonds. The van der Waals surface area contributed by atoms with Gasteiger partial charge in [-0.1, -0.05) is 50.5 Å². The van der Waals surface area contributed by atoms with E-state index in [9.17, 15) is 14.7 Å². The molecule has 4 atom stereocenters. The van der Waals surface area contributed by atoms with Crippen LogP contribution in [0, 0.1) is 23.7 Å². The number of hydrogen-bond acceptors (Lipinski definition) is 6. The van der Waals surface area contributed by atoms with Crippen LogP contribution in [0.25, 0.3) is 0 Å². The molecular weight excluding hydrogens is 505 g/mol. The van der Waals surface area contributed by atoms with Crippen molar-refractivity contribution in [2.45, 2.75) is 85.0 Å². The number of likely N-dealkylation sites (tertiary alicyclic amines) is 1. The second-order valence-electron chi connectivity index (χ2n) is 12.9. The first-order valence-electron chi connectivity index (χ1n) is 14.4. The highest BCUT2D eigenvalue weighted by molar-refractivity contribution is 6.47. The SMILES string of the molecule is COC(=O)N(C)C(C(=O)N1CCC/C1=C1\N=C(c2ccc([B]OC(C)(C)C(C)(C)O)cc2)CC2C(C)C12)C(C)C. The van der Waals surface area contributed by atoms with E-state index in [-0.39, 0.29) is 11.8 Å². The summed E-state index contributed by atoms with van der Waals surface area (Å²) in [6, 6.07) is 7.55. The highest BCUT2D eigenvalue weighted by Gasteiger charge is 2.53. The van der Waals surface area contributed by atoms with E-state index in [4.69, 9.17) is 14.4 Å². The molecule has 1 N–H and O–H groups in total. The van der Waals surface area contributed by atoms with Gasteiger partial charge in [0, 0.05) is 30.9 Å². The molecule has 40 heavy (non-hydrogen) atoms. The fourth-order valence-corrected chi connectivity index (χ4v) is 5.85. The van der Waals surface area contributed by atoms with Gasteiger partial charge in [0.1, 0.15) is 6.04 Å². The molecule has 1 aromatic carbocycles. The van der Waals surface area contributed by atoms with Crippen molar-refractivity contribution >= 4 is 30.7 Å². The van der Waals surface area contributed by atoms with Crippen LogP contribution in [0.5, 0.6) is 0 Å². The summed E-state index contributed by atoms with van der Waals surface area (Å²) in [7, 11) is 4.66. The third kappa shape index (κ3) is 5.86. The molecule has 1 aliphatic carbocycles. The quantitative estimate of drug-likeness (QED) is 0.492. The summed E-state index contributed by atoms with van der Waals surface area (Å²) in [6.45, 7) is 14.0. The minimum atomic E-state index is -0.985. The molecule has 0 bridgehead atoms. The van der Waals surface area contributed by atoms with Gasteiger partial charge in [0.15, 0.2) is 0 Å². The summed E-state index contributed by atoms with van der Waals surface area (Å²) < 4.78 is 10.8. The van der Waals surface area contributed by atoms with E-state index in [2.05, 4.69) is 19.1 Å². The Kier molecular flexibility index (Phi) is 8.58. The highest BCUT2D eigenvalue weighted by Crippen LogP contribution is 2.57. The van der Waals surface area contributed by atoms with E-state index in [0.29, 0.717) is 24.3 Å². The minimum Gasteiger partial charge on any atom is -0.453 e. The van der Waals surface area contributed by atoms with Crippen molar-refractivity contribution < 1.29 is 24.1 Å². The van der Waals surface area contributed by atoms with Crippen LogP contribution in [0.4, 0.5) is 4.79 Å². The molecule has 4 unspecified atom stereocenters. The first-order chi connectivity index (χ1) is 18.7. The molecule has 9 heteroatoms. The molecule has 3 aliphatic rings. The predicted octanol–water partition coefficient (Wildman–Crippen LogP) is 4.13. The van der Waals surface area contributed by atoms with Gasteiger partial charge in [-0.25, -0.2) is 4.79 Å². The van der Waals surface area contributed by atoms with Crippen molar-refractivity contribution in [3.63, 3.8) is 0 Å². The van der Waals surface area contributed by atoms with Gasteiger partial charge in [-0.05, 0) is 70.3 Å². The van der Waals surface area contributed by atoms with E-state index in [1.807, 2.05) is 44.7 Å². The smallest absolute Gasteiger partial charge is 0.409 e. The number of amides is 2. The van der Waals surface area contributed by atoms with Gasteiger partial charge in [0.25, 0.3) is 0 Å². The fraction of sp³-hybridized carbons (Fsp3) is 0.645. The molecule has 4 rings (SSSR count). The summed E-state index contributed by atoms with van der Waals surface area (Å²) in [5, 5.41) is 10.4. The van der Waals surface area contributed by atoms with E-state index < -0.39 is 23.3 Å². The average molecular weight is 551 g/mol. The van der Waals surface area contributed by atoms with Crippen molar-refractivity contribution in [2.75, 3.05) is 20.7 Å². The third-order valence-electron chi connectivity index (χ3n) is 9.22. The summed E-state index contributed by atoms with van der Waals surface area (Å²) in [4.78, 5) is 34.7. The molecule has 1 radical (unpaired) electrons. The normalized spacial score (nSPS) is 25.3. The van der Waals surface area contributed by atoms with Gasteiger partial charge < -0.3 is 19.4 Å². The Balaban J connectivity index is 1.59. The van der Waals surface area contributed by atoms with Crippen molar-refractivity contribution in [3.05, 3.63) is 41.2 Å². The zero-order valence-corrected chi connectivity index (χ0v) is 25.5. The molecule has 1 saturated carbocycles. The van der Waals surface area contributed by atoms with E-state index in [1.165, 1.54) is 12.0 Å². The zero-order chi connectivity index (χ0) is 29.6. The van der Waals surface area contributed by atoms with E-state index in [1.54, 1.807) is 28.4 Å². The fourth-order valence-electron chi connectivity index (χ4n) is 5.85. The number of carbonyl (C=O) groups is 2. The van der Waals surface area contributed by atoms with Crippen molar-refractivity contribution in [2.24, 2.45) is 28.7 Å². The summed E-state index contributed by atoms with van der Waals surface area (Å²) in [6.07, 6.45) is 2.10. The summed E-state index contributed by atoms with van der Waals surface area (Å²) in [5.41, 5.74) is 3.36. The van der Waals surface area contributed by atoms with Crippen LogP contribution in [-0.4, -0.2) is 78.0 Å². The standard InChI is InChI=1S/C31H45BN3O5/c1-18(2)27(34(8)29(37)39-9)28(36)35-16-10-11-24(35)26-25-19(3)22(25)17-23(33-26)20-12-14-21(15-13-20)32-40-31(6,7)30(4,5)38/h12-15,18-19,22,25,27,38H,10-11,16-17H2,1-9H3/b26-24+. The number of carbonyl (C=O) groups excluding carboxylic acids is 2. The Morgan fingerprint density at radius 3 is 2.40 bits per heavy atom. The van der Waals surface area contributed by atoms with Crippen LogP contribution in [0.2, 0.25) is 0 Å². The van der Waals surface area contributed by atoms with Crippen LogP contribution in [-0.2, 0) is 14.2 Å². The molecule has 1 saturated heterocycles. The lowest BCUT2D eigenvalue weighted by Gasteiger charge is -2.37. The number of allylic oxidation sites excluding steroid dienone is 2. The second-order valence-corrected chi connectivity index (χ2v) is 12.9. The largest absolute Gasteiger partial charge is 0.453 e. The highest BCUT2D eigenvalue weighted by atomic mass is 16.5. The lowest BCUT2D eigenvalue weighted by atomic mass is 9.82. The number of ether oxygens (including phenoxy) is 1. The van der Waals surface area contributed by atoms with Crippen LogP contribution >= 0.6 is 0 Å². The first-order valence-corrected chi connectivity index (χ1v) is 14.4. The summed E-state index contributed by atoms with van der Waals surface area (Å²) in [5.74, 6) is 1.28. The monoisotopic (exact) mass is 550 g/mol. The molecule has 0 spiro atoms. The van der Waals surface area contributed by atoms with Gasteiger partial charge in [0.05, 0.1) is 24.0 Å². The van der Waals surface area contributed by atoms with Gasteiger partial charge in [0.2, 0.25) is 5.91 Å². The van der Waals surface area contributed by atoms with Crippen molar-refractivity contribution in [3.8, 4) is 0 Å². The van der Waals surface area contributed by atoms with Crippen molar-refractivity contribution in [1.29, 1.82) is 0 Å². The minimum absolute atomic E-state index is 0.0604. The molecule has 1 aromatic rings. The molecule has 2 heterocycles. The van der Waals surface area contributed by atoms with Crippen molar-refractivity contribution in [1.82, 2.24) is 9.80 Å². The maximum atomic E-state index is 13.8. The number of benzene rings is 1. The molecule has 0 aromatic heterocycles. The zero-order valence-electron chi connectivity index (χ0n) is 25.5.